The van der Waals surface area contributed by atoms with E-state index in [0.717, 1.165) is 26.1 Å². The minimum atomic E-state index is -0.839. The number of carboxylic acids is 1. The maximum Gasteiger partial charge on any atom is 0.330 e. The van der Waals surface area contributed by atoms with E-state index in [2.05, 4.69) is 0 Å². The first-order valence-corrected chi connectivity index (χ1v) is 5.30. The van der Waals surface area contributed by atoms with Crippen molar-refractivity contribution in [1.29, 1.82) is 0 Å². The summed E-state index contributed by atoms with van der Waals surface area (Å²) in [4.78, 5) is 10.7. The second-order valence-corrected chi connectivity index (χ2v) is 4.30. The molecule has 0 aromatic rings. The zero-order valence-electron chi connectivity index (χ0n) is 8.81. The summed E-state index contributed by atoms with van der Waals surface area (Å²) in [6.45, 7) is 3.28. The van der Waals surface area contributed by atoms with E-state index in [4.69, 9.17) is 14.6 Å². The molecule has 0 aromatic heterocycles. The van der Waals surface area contributed by atoms with Crippen LogP contribution in [0.25, 0.3) is 0 Å². The van der Waals surface area contributed by atoms with Crippen LogP contribution in [0.1, 0.15) is 19.8 Å². The Bertz CT molecular complexity index is 262. The third kappa shape index (κ3) is 3.64. The smallest absolute Gasteiger partial charge is 0.330 e. The molecular formula is C11H16O4. The van der Waals surface area contributed by atoms with E-state index in [1.807, 2.05) is 6.08 Å². The number of allylic oxidation sites excluding steroid dienone is 1. The second kappa shape index (κ2) is 4.33. The number of aliphatic carboxylic acids is 1. The van der Waals surface area contributed by atoms with Gasteiger partial charge in [-0.1, -0.05) is 6.08 Å². The van der Waals surface area contributed by atoms with Gasteiger partial charge in [-0.05, 0) is 25.7 Å². The van der Waals surface area contributed by atoms with Gasteiger partial charge in [0.05, 0.1) is 25.4 Å². The summed E-state index contributed by atoms with van der Waals surface area (Å²) >= 11 is 0. The highest BCUT2D eigenvalue weighted by molar-refractivity contribution is 5.85. The van der Waals surface area contributed by atoms with E-state index in [1.54, 1.807) is 6.92 Å². The topological polar surface area (TPSA) is 62.4 Å². The van der Waals surface area contributed by atoms with Crippen molar-refractivity contribution in [1.82, 2.24) is 0 Å². The molecule has 2 atom stereocenters. The molecule has 0 radical (unpaired) electrons. The number of rotatable bonds is 6. The molecule has 2 rings (SSSR count). The molecule has 0 amide bonds. The predicted molar refractivity (Wildman–Crippen MR) is 53.6 cm³/mol. The lowest BCUT2D eigenvalue weighted by molar-refractivity contribution is -0.132. The molecule has 4 heteroatoms. The number of ether oxygens (including phenoxy) is 2. The van der Waals surface area contributed by atoms with Crippen molar-refractivity contribution in [3.05, 3.63) is 11.6 Å². The summed E-state index contributed by atoms with van der Waals surface area (Å²) in [5, 5.41) is 8.80. The molecule has 2 saturated heterocycles. The maximum atomic E-state index is 10.7. The Kier molecular flexibility index (Phi) is 3.07. The molecule has 0 saturated carbocycles. The van der Waals surface area contributed by atoms with Crippen LogP contribution in [0.3, 0.4) is 0 Å². The molecule has 2 aliphatic heterocycles. The highest BCUT2D eigenvalue weighted by atomic mass is 16.6. The van der Waals surface area contributed by atoms with Crippen molar-refractivity contribution >= 4 is 5.97 Å². The third-order valence-corrected chi connectivity index (χ3v) is 2.76. The molecular weight excluding hydrogens is 196 g/mol. The minimum Gasteiger partial charge on any atom is -0.478 e. The molecule has 2 heterocycles. The molecule has 0 aliphatic carbocycles. The minimum absolute atomic E-state index is 0.279. The normalized spacial score (nSPS) is 31.1. The van der Waals surface area contributed by atoms with E-state index in [1.165, 1.54) is 0 Å². The fraction of sp³-hybridized carbons (Fsp3) is 0.727. The lowest BCUT2D eigenvalue weighted by Crippen LogP contribution is -2.08. The second-order valence-electron chi connectivity index (χ2n) is 4.30. The van der Waals surface area contributed by atoms with Gasteiger partial charge in [0.2, 0.25) is 0 Å². The molecule has 2 fully saturated rings. The van der Waals surface area contributed by atoms with Gasteiger partial charge in [0.1, 0.15) is 0 Å². The van der Waals surface area contributed by atoms with Gasteiger partial charge < -0.3 is 14.6 Å². The van der Waals surface area contributed by atoms with E-state index < -0.39 is 5.97 Å². The molecule has 0 spiro atoms. The highest BCUT2D eigenvalue weighted by Crippen LogP contribution is 2.28. The van der Waals surface area contributed by atoms with Gasteiger partial charge in [0.25, 0.3) is 0 Å². The zero-order chi connectivity index (χ0) is 10.8. The summed E-state index contributed by atoms with van der Waals surface area (Å²) in [5.74, 6) is -0.561. The van der Waals surface area contributed by atoms with Gasteiger partial charge in [-0.15, -0.1) is 0 Å². The Hall–Kier alpha value is -0.870. The van der Waals surface area contributed by atoms with Crippen LogP contribution in [0.2, 0.25) is 0 Å². The first-order valence-electron chi connectivity index (χ1n) is 5.30. The Morgan fingerprint density at radius 2 is 1.87 bits per heavy atom. The lowest BCUT2D eigenvalue weighted by Gasteiger charge is -2.10. The van der Waals surface area contributed by atoms with Gasteiger partial charge >= 0.3 is 5.97 Å². The first kappa shape index (κ1) is 10.6. The van der Waals surface area contributed by atoms with Crippen LogP contribution in [-0.2, 0) is 14.3 Å². The van der Waals surface area contributed by atoms with Crippen LogP contribution in [0.4, 0.5) is 0 Å². The van der Waals surface area contributed by atoms with Crippen molar-refractivity contribution in [2.45, 2.75) is 32.0 Å². The fourth-order valence-corrected chi connectivity index (χ4v) is 1.74. The standard InChI is InChI=1S/C11H16O4/c1-7(11(12)13)2-8(3-9-5-14-9)4-10-6-15-10/h2,8-10H,3-6H2,1H3,(H,12,13)/b7-2+. The molecule has 4 nitrogen and oxygen atoms in total. The van der Waals surface area contributed by atoms with Crippen LogP contribution >= 0.6 is 0 Å². The SMILES string of the molecule is C/C(=C\C(CC1CO1)CC1CO1)C(=O)O. The maximum absolute atomic E-state index is 10.7. The van der Waals surface area contributed by atoms with E-state index in [9.17, 15) is 4.79 Å². The van der Waals surface area contributed by atoms with E-state index >= 15 is 0 Å². The third-order valence-electron chi connectivity index (χ3n) is 2.76. The van der Waals surface area contributed by atoms with Crippen LogP contribution < -0.4 is 0 Å². The Morgan fingerprint density at radius 3 is 2.20 bits per heavy atom. The molecule has 84 valence electrons. The van der Waals surface area contributed by atoms with E-state index in [-0.39, 0.29) is 5.92 Å². The molecule has 0 aromatic carbocycles. The summed E-state index contributed by atoms with van der Waals surface area (Å²) in [7, 11) is 0. The van der Waals surface area contributed by atoms with Crippen LogP contribution in [0, 0.1) is 5.92 Å². The number of epoxide rings is 2. The molecule has 1 N–H and O–H groups in total. The number of hydrogen-bond acceptors (Lipinski definition) is 3. The van der Waals surface area contributed by atoms with Crippen molar-refractivity contribution in [3.8, 4) is 0 Å². The number of hydrogen-bond donors (Lipinski definition) is 1. The average molecular weight is 212 g/mol. The number of carbonyl (C=O) groups is 1. The molecule has 2 aliphatic rings. The summed E-state index contributed by atoms with van der Waals surface area (Å²) in [6.07, 6.45) is 4.36. The quantitative estimate of drug-likeness (QED) is 0.531. The van der Waals surface area contributed by atoms with Gasteiger partial charge in [-0.2, -0.15) is 0 Å². The van der Waals surface area contributed by atoms with Crippen molar-refractivity contribution in [2.24, 2.45) is 5.92 Å². The average Bonchev–Trinajstić information content (AvgIpc) is 2.98. The van der Waals surface area contributed by atoms with E-state index in [0.29, 0.717) is 17.8 Å². The van der Waals surface area contributed by atoms with Gasteiger partial charge in [-0.3, -0.25) is 0 Å². The van der Waals surface area contributed by atoms with Crippen LogP contribution in [0.5, 0.6) is 0 Å². The van der Waals surface area contributed by atoms with Crippen molar-refractivity contribution in [3.63, 3.8) is 0 Å². The summed E-state index contributed by atoms with van der Waals surface area (Å²) in [6, 6.07) is 0. The van der Waals surface area contributed by atoms with Crippen LogP contribution in [-0.4, -0.2) is 36.5 Å². The molecule has 0 bridgehead atoms. The molecule has 15 heavy (non-hydrogen) atoms. The number of carboxylic acid groups (broad SMARTS) is 1. The van der Waals surface area contributed by atoms with Crippen LogP contribution in [0.15, 0.2) is 11.6 Å². The largest absolute Gasteiger partial charge is 0.478 e. The van der Waals surface area contributed by atoms with Gasteiger partial charge in [-0.25, -0.2) is 4.79 Å². The van der Waals surface area contributed by atoms with Gasteiger partial charge in [0, 0.05) is 5.57 Å². The fourth-order valence-electron chi connectivity index (χ4n) is 1.74. The highest BCUT2D eigenvalue weighted by Gasteiger charge is 2.31. The summed E-state index contributed by atoms with van der Waals surface area (Å²) < 4.78 is 10.3. The Morgan fingerprint density at radius 1 is 1.40 bits per heavy atom. The zero-order valence-corrected chi connectivity index (χ0v) is 8.81. The van der Waals surface area contributed by atoms with Crippen molar-refractivity contribution < 1.29 is 19.4 Å². The lowest BCUT2D eigenvalue weighted by atomic mass is 9.95. The Balaban J connectivity index is 1.89. The van der Waals surface area contributed by atoms with Gasteiger partial charge in [0.15, 0.2) is 0 Å². The first-order chi connectivity index (χ1) is 7.15. The summed E-state index contributed by atoms with van der Waals surface area (Å²) in [5.41, 5.74) is 0.418. The molecule has 2 unspecified atom stereocenters. The Labute approximate surface area is 88.9 Å². The van der Waals surface area contributed by atoms with Crippen molar-refractivity contribution in [2.75, 3.05) is 13.2 Å². The monoisotopic (exact) mass is 212 g/mol. The predicted octanol–water partition coefficient (Wildman–Crippen LogP) is 1.21.